The molecule has 2 aromatic heterocycles. The minimum Gasteiger partial charge on any atom is -0.477 e. The highest BCUT2D eigenvalue weighted by Gasteiger charge is 2.31. The number of aromatic nitrogens is 2. The van der Waals surface area contributed by atoms with E-state index in [0.29, 0.717) is 5.56 Å². The molecule has 132 valence electrons. The molecule has 2 rings (SSSR count). The molecule has 9 heteroatoms. The minimum absolute atomic E-state index is 0.0140. The second-order valence-electron chi connectivity index (χ2n) is 6.86. The van der Waals surface area contributed by atoms with Gasteiger partial charge >= 0.3 is 11.7 Å². The lowest BCUT2D eigenvalue weighted by Crippen LogP contribution is -2.48. The number of thiophene rings is 1. The highest BCUT2D eigenvalue weighted by molar-refractivity contribution is 7.20. The van der Waals surface area contributed by atoms with E-state index in [4.69, 9.17) is 9.78 Å². The van der Waals surface area contributed by atoms with Crippen LogP contribution in [-0.2, 0) is 15.5 Å². The molecule has 0 spiro atoms. The number of aromatic amines is 1. The second-order valence-corrected chi connectivity index (χ2v) is 7.88. The van der Waals surface area contributed by atoms with Gasteiger partial charge in [-0.3, -0.25) is 9.78 Å². The SMILES string of the molecule is Cc1c(C(=O)O)sc2[nH]c(=O)n(C(C)(C)OOC(C)(C)C)c(=O)c12. The van der Waals surface area contributed by atoms with Crippen molar-refractivity contribution in [1.82, 2.24) is 9.55 Å². The van der Waals surface area contributed by atoms with E-state index < -0.39 is 28.5 Å². The summed E-state index contributed by atoms with van der Waals surface area (Å²) in [7, 11) is 0. The van der Waals surface area contributed by atoms with Crippen LogP contribution in [0.1, 0.15) is 49.9 Å². The number of nitrogens with zero attached hydrogens (tertiary/aromatic N) is 1. The fourth-order valence-corrected chi connectivity index (χ4v) is 3.20. The molecule has 24 heavy (non-hydrogen) atoms. The lowest BCUT2D eigenvalue weighted by atomic mass is 10.2. The fraction of sp³-hybridized carbons (Fsp3) is 0.533. The lowest BCUT2D eigenvalue weighted by Gasteiger charge is -2.29. The molecule has 0 bridgehead atoms. The van der Waals surface area contributed by atoms with Crippen LogP contribution in [0.15, 0.2) is 9.59 Å². The maximum Gasteiger partial charge on any atom is 0.346 e. The molecule has 0 aliphatic carbocycles. The summed E-state index contributed by atoms with van der Waals surface area (Å²) in [5.41, 5.74) is -3.04. The van der Waals surface area contributed by atoms with Crippen LogP contribution in [0.2, 0.25) is 0 Å². The number of rotatable bonds is 4. The van der Waals surface area contributed by atoms with Gasteiger partial charge in [0.2, 0.25) is 0 Å². The zero-order chi connectivity index (χ0) is 18.4. The first-order chi connectivity index (χ1) is 10.8. The average molecular weight is 356 g/mol. The molecule has 8 nitrogen and oxygen atoms in total. The van der Waals surface area contributed by atoms with E-state index in [1.807, 2.05) is 0 Å². The number of nitrogens with one attached hydrogen (secondary N) is 1. The minimum atomic E-state index is -1.39. The Morgan fingerprint density at radius 3 is 2.25 bits per heavy atom. The molecule has 0 aliphatic heterocycles. The lowest BCUT2D eigenvalue weighted by molar-refractivity contribution is -0.419. The predicted molar refractivity (Wildman–Crippen MR) is 89.6 cm³/mol. The predicted octanol–water partition coefficient (Wildman–Crippen LogP) is 2.20. The number of carboxylic acid groups (broad SMARTS) is 1. The largest absolute Gasteiger partial charge is 0.477 e. The Kier molecular flexibility index (Phi) is 4.47. The first-order valence-corrected chi connectivity index (χ1v) is 8.06. The molecule has 0 radical (unpaired) electrons. The molecule has 2 N–H and O–H groups in total. The van der Waals surface area contributed by atoms with E-state index in [1.54, 1.807) is 20.8 Å². The summed E-state index contributed by atoms with van der Waals surface area (Å²) in [6, 6.07) is 0. The molecule has 0 unspecified atom stereocenters. The summed E-state index contributed by atoms with van der Waals surface area (Å²) in [5, 5.41) is 9.35. The van der Waals surface area contributed by atoms with Gasteiger partial charge in [0.25, 0.3) is 5.56 Å². The van der Waals surface area contributed by atoms with Crippen LogP contribution in [0.5, 0.6) is 0 Å². The summed E-state index contributed by atoms with van der Waals surface area (Å²) < 4.78 is 0.881. The van der Waals surface area contributed by atoms with Gasteiger partial charge in [0, 0.05) is 0 Å². The van der Waals surface area contributed by atoms with Crippen LogP contribution in [0.3, 0.4) is 0 Å². The van der Waals surface area contributed by atoms with Gasteiger partial charge in [0.05, 0.1) is 11.0 Å². The Bertz CT molecular complexity index is 913. The Balaban J connectivity index is 2.68. The van der Waals surface area contributed by atoms with E-state index in [2.05, 4.69) is 4.98 Å². The topological polar surface area (TPSA) is 111 Å². The third kappa shape index (κ3) is 3.28. The first kappa shape index (κ1) is 18.4. The van der Waals surface area contributed by atoms with Crippen LogP contribution in [0.25, 0.3) is 10.2 Å². The first-order valence-electron chi connectivity index (χ1n) is 7.24. The monoisotopic (exact) mass is 356 g/mol. The van der Waals surface area contributed by atoms with Crippen molar-refractivity contribution in [3.8, 4) is 0 Å². The molecular weight excluding hydrogens is 336 g/mol. The molecule has 0 atom stereocenters. The van der Waals surface area contributed by atoms with Gasteiger partial charge < -0.3 is 5.11 Å². The number of carbonyl (C=O) groups is 1. The fourth-order valence-electron chi connectivity index (χ4n) is 2.17. The number of fused-ring (bicyclic) bond motifs is 1. The Morgan fingerprint density at radius 1 is 1.17 bits per heavy atom. The van der Waals surface area contributed by atoms with Crippen molar-refractivity contribution in [1.29, 1.82) is 0 Å². The second kappa shape index (κ2) is 5.83. The summed E-state index contributed by atoms with van der Waals surface area (Å²) in [6.07, 6.45) is 0. The number of H-pyrrole nitrogens is 1. The average Bonchev–Trinajstić information content (AvgIpc) is 2.73. The van der Waals surface area contributed by atoms with Crippen molar-refractivity contribution in [2.75, 3.05) is 0 Å². The van der Waals surface area contributed by atoms with Crippen molar-refractivity contribution < 1.29 is 19.7 Å². The normalized spacial score (nSPS) is 12.8. The number of hydrogen-bond acceptors (Lipinski definition) is 6. The van der Waals surface area contributed by atoms with E-state index in [9.17, 15) is 19.5 Å². The van der Waals surface area contributed by atoms with Gasteiger partial charge in [-0.25, -0.2) is 23.9 Å². The molecule has 0 saturated heterocycles. The van der Waals surface area contributed by atoms with Gasteiger partial charge in [-0.1, -0.05) is 0 Å². The third-order valence-corrected chi connectivity index (χ3v) is 4.41. The van der Waals surface area contributed by atoms with Crippen molar-refractivity contribution in [2.24, 2.45) is 0 Å². The Morgan fingerprint density at radius 2 is 1.75 bits per heavy atom. The molecule has 0 aromatic carbocycles. The zero-order valence-electron chi connectivity index (χ0n) is 14.3. The standard InChI is InChI=1S/C15H20N2O6S/c1-7-8-10(24-9(7)12(19)20)16-13(21)17(11(8)18)15(5,6)23-22-14(2,3)4/h1-6H3,(H,16,21)(H,19,20). The van der Waals surface area contributed by atoms with Gasteiger partial charge in [-0.2, -0.15) is 0 Å². The molecule has 0 amide bonds. The summed E-state index contributed by atoms with van der Waals surface area (Å²) in [4.78, 5) is 49.7. The van der Waals surface area contributed by atoms with Gasteiger partial charge in [-0.15, -0.1) is 11.3 Å². The highest BCUT2D eigenvalue weighted by atomic mass is 32.1. The van der Waals surface area contributed by atoms with Crippen LogP contribution in [-0.4, -0.2) is 26.2 Å². The van der Waals surface area contributed by atoms with Crippen LogP contribution < -0.4 is 11.2 Å². The van der Waals surface area contributed by atoms with Gasteiger partial charge in [-0.05, 0) is 47.1 Å². The molecule has 0 aliphatic rings. The Labute approximate surface area is 141 Å². The molecule has 0 saturated carbocycles. The van der Waals surface area contributed by atoms with E-state index in [0.717, 1.165) is 15.9 Å². The number of hydrogen-bond donors (Lipinski definition) is 2. The van der Waals surface area contributed by atoms with Gasteiger partial charge in [0.1, 0.15) is 9.71 Å². The molecule has 0 fully saturated rings. The molecule has 2 heterocycles. The summed E-state index contributed by atoms with van der Waals surface area (Å²) in [6.45, 7) is 9.86. The van der Waals surface area contributed by atoms with E-state index in [-0.39, 0.29) is 15.1 Å². The van der Waals surface area contributed by atoms with Crippen LogP contribution in [0, 0.1) is 6.92 Å². The van der Waals surface area contributed by atoms with Gasteiger partial charge in [0.15, 0.2) is 5.72 Å². The summed E-state index contributed by atoms with van der Waals surface area (Å²) >= 11 is 0.857. The van der Waals surface area contributed by atoms with Crippen molar-refractivity contribution >= 4 is 27.5 Å². The number of carboxylic acids is 1. The zero-order valence-corrected chi connectivity index (χ0v) is 15.2. The molecule has 2 aromatic rings. The number of aryl methyl sites for hydroxylation is 1. The Hall–Kier alpha value is -1.97. The maximum absolute atomic E-state index is 12.8. The van der Waals surface area contributed by atoms with E-state index in [1.165, 1.54) is 20.8 Å². The van der Waals surface area contributed by atoms with Crippen LogP contribution in [0.4, 0.5) is 0 Å². The highest BCUT2D eigenvalue weighted by Crippen LogP contribution is 2.27. The van der Waals surface area contributed by atoms with Crippen molar-refractivity contribution in [3.05, 3.63) is 31.3 Å². The smallest absolute Gasteiger partial charge is 0.346 e. The molecular formula is C15H20N2O6S. The van der Waals surface area contributed by atoms with Crippen LogP contribution >= 0.6 is 11.3 Å². The van der Waals surface area contributed by atoms with Crippen molar-refractivity contribution in [3.63, 3.8) is 0 Å². The van der Waals surface area contributed by atoms with E-state index >= 15 is 0 Å². The summed E-state index contributed by atoms with van der Waals surface area (Å²) in [5.74, 6) is -1.15. The third-order valence-electron chi connectivity index (χ3n) is 3.22. The number of aromatic carboxylic acids is 1. The van der Waals surface area contributed by atoms with Crippen molar-refractivity contribution in [2.45, 2.75) is 52.9 Å². The quantitative estimate of drug-likeness (QED) is 0.642. The maximum atomic E-state index is 12.8.